The van der Waals surface area contributed by atoms with Gasteiger partial charge in [0.25, 0.3) is 0 Å². The van der Waals surface area contributed by atoms with Gasteiger partial charge in [0, 0.05) is 0 Å². The van der Waals surface area contributed by atoms with Crippen LogP contribution in [0, 0.1) is 0 Å². The lowest BCUT2D eigenvalue weighted by Crippen LogP contribution is -1.91. The molecule has 0 aliphatic heterocycles. The van der Waals surface area contributed by atoms with Crippen LogP contribution in [0.25, 0.3) is 0 Å². The van der Waals surface area contributed by atoms with Gasteiger partial charge in [-0.3, -0.25) is 0 Å². The van der Waals surface area contributed by atoms with E-state index in [1.807, 2.05) is 6.92 Å². The van der Waals surface area contributed by atoms with E-state index in [2.05, 4.69) is 39.2 Å². The molecule has 0 aromatic heterocycles. The van der Waals surface area contributed by atoms with Crippen LogP contribution in [0.2, 0.25) is 0 Å². The predicted octanol–water partition coefficient (Wildman–Crippen LogP) is 3.60. The lowest BCUT2D eigenvalue weighted by molar-refractivity contribution is 1.10. The lowest BCUT2D eigenvalue weighted by Gasteiger charge is -2.15. The van der Waals surface area contributed by atoms with E-state index in [-0.39, 0.29) is 7.92 Å². The maximum Gasteiger partial charge on any atom is -0.0228 e. The molecule has 0 rings (SSSR count). The van der Waals surface area contributed by atoms with E-state index >= 15 is 0 Å². The molecule has 0 aliphatic carbocycles. The first-order chi connectivity index (χ1) is 4.59. The van der Waals surface area contributed by atoms with Crippen LogP contribution in [0.15, 0.2) is 24.0 Å². The summed E-state index contributed by atoms with van der Waals surface area (Å²) in [6.07, 6.45) is 4.18. The molecule has 0 saturated carbocycles. The molecule has 0 N–H and O–H groups in total. The van der Waals surface area contributed by atoms with E-state index in [4.69, 9.17) is 0 Å². The summed E-state index contributed by atoms with van der Waals surface area (Å²) in [5, 5.41) is 1.30. The van der Waals surface area contributed by atoms with Gasteiger partial charge in [0.05, 0.1) is 0 Å². The molecule has 1 atom stereocenters. The first-order valence-electron chi connectivity index (χ1n) is 3.64. The second-order valence-electron chi connectivity index (χ2n) is 2.70. The highest BCUT2D eigenvalue weighted by Gasteiger charge is 2.06. The van der Waals surface area contributed by atoms with E-state index in [0.717, 1.165) is 5.66 Å². The maximum atomic E-state index is 4.01. The molecule has 0 bridgehead atoms. The molecular formula is C9H17P. The van der Waals surface area contributed by atoms with Gasteiger partial charge < -0.3 is 0 Å². The second-order valence-corrected chi connectivity index (χ2v) is 5.53. The second kappa shape index (κ2) is 4.68. The Balaban J connectivity index is 3.95. The SMILES string of the molecule is C=C(/C=C/C)P(C)C(C)C. The third-order valence-electron chi connectivity index (χ3n) is 1.59. The van der Waals surface area contributed by atoms with Crippen molar-refractivity contribution in [2.24, 2.45) is 0 Å². The summed E-state index contributed by atoms with van der Waals surface area (Å²) in [4.78, 5) is 0. The Morgan fingerprint density at radius 1 is 1.50 bits per heavy atom. The van der Waals surface area contributed by atoms with Crippen LogP contribution in [-0.2, 0) is 0 Å². The van der Waals surface area contributed by atoms with Gasteiger partial charge in [-0.1, -0.05) is 40.5 Å². The Labute approximate surface area is 65.8 Å². The van der Waals surface area contributed by atoms with Crippen LogP contribution in [0.3, 0.4) is 0 Å². The topological polar surface area (TPSA) is 0 Å². The van der Waals surface area contributed by atoms with E-state index < -0.39 is 0 Å². The largest absolute Gasteiger partial charge is 0.0913 e. The molecule has 58 valence electrons. The average Bonchev–Trinajstić information content (AvgIpc) is 1.87. The quantitative estimate of drug-likeness (QED) is 0.432. The molecule has 0 amide bonds. The van der Waals surface area contributed by atoms with Crippen LogP contribution in [0.4, 0.5) is 0 Å². The molecule has 0 heterocycles. The molecule has 0 saturated heterocycles. The summed E-state index contributed by atoms with van der Waals surface area (Å²) in [5.74, 6) is 0. The summed E-state index contributed by atoms with van der Waals surface area (Å²) in [6.45, 7) is 12.8. The van der Waals surface area contributed by atoms with Crippen molar-refractivity contribution in [3.05, 3.63) is 24.0 Å². The first kappa shape index (κ1) is 9.91. The minimum absolute atomic E-state index is 0.0121. The van der Waals surface area contributed by atoms with Gasteiger partial charge in [-0.15, -0.1) is 0 Å². The fourth-order valence-corrected chi connectivity index (χ4v) is 1.69. The molecule has 1 unspecified atom stereocenters. The zero-order chi connectivity index (χ0) is 8.15. The Morgan fingerprint density at radius 2 is 2.00 bits per heavy atom. The number of rotatable bonds is 3. The Morgan fingerprint density at radius 3 is 2.30 bits per heavy atom. The van der Waals surface area contributed by atoms with Gasteiger partial charge in [-0.25, -0.2) is 0 Å². The predicted molar refractivity (Wildman–Crippen MR) is 51.9 cm³/mol. The van der Waals surface area contributed by atoms with Crippen molar-refractivity contribution in [1.29, 1.82) is 0 Å². The molecule has 0 spiro atoms. The highest BCUT2D eigenvalue weighted by atomic mass is 31.1. The van der Waals surface area contributed by atoms with Crippen molar-refractivity contribution in [3.8, 4) is 0 Å². The van der Waals surface area contributed by atoms with Crippen LogP contribution >= 0.6 is 7.92 Å². The Hall–Kier alpha value is -0.0900. The van der Waals surface area contributed by atoms with Gasteiger partial charge in [0.15, 0.2) is 0 Å². The number of hydrogen-bond donors (Lipinski definition) is 0. The van der Waals surface area contributed by atoms with E-state index in [1.54, 1.807) is 0 Å². The normalized spacial score (nSPS) is 14.5. The summed E-state index contributed by atoms with van der Waals surface area (Å²) in [5.41, 5.74) is 0.763. The smallest absolute Gasteiger partial charge is 0.0228 e. The first-order valence-corrected chi connectivity index (χ1v) is 5.49. The zero-order valence-electron chi connectivity index (χ0n) is 7.39. The standard InChI is InChI=1S/C9H17P/c1-6-7-9(4)10(5)8(2)3/h6-8H,4H2,1-3,5H3/b7-6+. The highest BCUT2D eigenvalue weighted by Crippen LogP contribution is 2.44. The minimum atomic E-state index is 0.0121. The molecule has 0 fully saturated rings. The van der Waals surface area contributed by atoms with Crippen molar-refractivity contribution < 1.29 is 0 Å². The van der Waals surface area contributed by atoms with Gasteiger partial charge >= 0.3 is 0 Å². The summed E-state index contributed by atoms with van der Waals surface area (Å²) in [7, 11) is 0.0121. The molecule has 0 radical (unpaired) electrons. The van der Waals surface area contributed by atoms with Crippen LogP contribution in [-0.4, -0.2) is 12.3 Å². The summed E-state index contributed by atoms with van der Waals surface area (Å²) in [6, 6.07) is 0. The van der Waals surface area contributed by atoms with Crippen LogP contribution < -0.4 is 0 Å². The Bertz CT molecular complexity index is 134. The fourth-order valence-electron chi connectivity index (χ4n) is 0.642. The molecule has 0 aromatic carbocycles. The van der Waals surface area contributed by atoms with Crippen LogP contribution in [0.5, 0.6) is 0 Å². The van der Waals surface area contributed by atoms with Crippen LogP contribution in [0.1, 0.15) is 20.8 Å². The van der Waals surface area contributed by atoms with Crippen molar-refractivity contribution in [1.82, 2.24) is 0 Å². The zero-order valence-corrected chi connectivity index (χ0v) is 8.28. The molecule has 0 aromatic rings. The molecular weight excluding hydrogens is 139 g/mol. The fraction of sp³-hybridized carbons (Fsp3) is 0.556. The Kier molecular flexibility index (Phi) is 4.64. The van der Waals surface area contributed by atoms with Gasteiger partial charge in [-0.2, -0.15) is 0 Å². The van der Waals surface area contributed by atoms with E-state index in [9.17, 15) is 0 Å². The third-order valence-corrected chi connectivity index (χ3v) is 4.19. The van der Waals surface area contributed by atoms with Crippen molar-refractivity contribution in [2.45, 2.75) is 26.4 Å². The lowest BCUT2D eigenvalue weighted by atomic mass is 10.5. The molecule has 1 heteroatoms. The highest BCUT2D eigenvalue weighted by molar-refractivity contribution is 7.62. The summed E-state index contributed by atoms with van der Waals surface area (Å²) >= 11 is 0. The van der Waals surface area contributed by atoms with Crippen molar-refractivity contribution in [3.63, 3.8) is 0 Å². The van der Waals surface area contributed by atoms with E-state index in [0.29, 0.717) is 0 Å². The third kappa shape index (κ3) is 3.17. The van der Waals surface area contributed by atoms with Gasteiger partial charge in [0.2, 0.25) is 0 Å². The van der Waals surface area contributed by atoms with Gasteiger partial charge in [-0.05, 0) is 24.6 Å². The number of hydrogen-bond acceptors (Lipinski definition) is 0. The van der Waals surface area contributed by atoms with E-state index in [1.165, 1.54) is 5.31 Å². The monoisotopic (exact) mass is 156 g/mol. The minimum Gasteiger partial charge on any atom is -0.0913 e. The summed E-state index contributed by atoms with van der Waals surface area (Å²) < 4.78 is 0. The van der Waals surface area contributed by atoms with Crippen molar-refractivity contribution >= 4 is 7.92 Å². The molecule has 0 nitrogen and oxygen atoms in total. The average molecular weight is 156 g/mol. The maximum absolute atomic E-state index is 4.01. The molecule has 0 aliphatic rings. The number of allylic oxidation sites excluding steroid dienone is 3. The molecule has 10 heavy (non-hydrogen) atoms. The van der Waals surface area contributed by atoms with Crippen molar-refractivity contribution in [2.75, 3.05) is 6.66 Å². The van der Waals surface area contributed by atoms with Gasteiger partial charge in [0.1, 0.15) is 0 Å².